The SMILES string of the molecule is CCCC(=O)OOc1ccc(SCC=C(I)c2ccc(C(F)(F)F)cc2)cc1C. The quantitative estimate of drug-likeness (QED) is 0.155. The molecule has 2 aromatic carbocycles. The van der Waals surface area contributed by atoms with Crippen LogP contribution in [-0.4, -0.2) is 11.7 Å². The number of hydrogen-bond acceptors (Lipinski definition) is 4. The minimum Gasteiger partial charge on any atom is -0.287 e. The Kier molecular flexibility index (Phi) is 8.88. The highest BCUT2D eigenvalue weighted by Crippen LogP contribution is 2.32. The molecule has 0 saturated heterocycles. The standard InChI is InChI=1S/C21H20F3IO3S/c1-3-4-20(26)28-27-19-10-9-17(13-14(19)2)29-12-11-18(25)15-5-7-16(8-6-15)21(22,23)24/h5-11,13H,3-4,12H2,1-2H3. The topological polar surface area (TPSA) is 35.5 Å². The van der Waals surface area contributed by atoms with Crippen LogP contribution in [-0.2, 0) is 15.9 Å². The van der Waals surface area contributed by atoms with Gasteiger partial charge >= 0.3 is 12.1 Å². The zero-order valence-corrected chi connectivity index (χ0v) is 18.9. The van der Waals surface area contributed by atoms with Crippen LogP contribution in [0.5, 0.6) is 5.75 Å². The summed E-state index contributed by atoms with van der Waals surface area (Å²) in [5.41, 5.74) is 0.923. The Labute approximate surface area is 185 Å². The molecular weight excluding hydrogens is 516 g/mol. The first-order valence-corrected chi connectivity index (χ1v) is 10.9. The highest BCUT2D eigenvalue weighted by atomic mass is 127. The highest BCUT2D eigenvalue weighted by Gasteiger charge is 2.29. The van der Waals surface area contributed by atoms with Crippen molar-refractivity contribution in [2.24, 2.45) is 0 Å². The summed E-state index contributed by atoms with van der Waals surface area (Å²) < 4.78 is 38.8. The zero-order valence-electron chi connectivity index (χ0n) is 15.9. The van der Waals surface area contributed by atoms with Gasteiger partial charge in [0.15, 0.2) is 5.75 Å². The molecule has 0 unspecified atom stereocenters. The van der Waals surface area contributed by atoms with Gasteiger partial charge < -0.3 is 0 Å². The summed E-state index contributed by atoms with van der Waals surface area (Å²) in [7, 11) is 0. The predicted molar refractivity (Wildman–Crippen MR) is 117 cm³/mol. The second-order valence-electron chi connectivity index (χ2n) is 6.15. The summed E-state index contributed by atoms with van der Waals surface area (Å²) >= 11 is 3.70. The molecule has 0 aliphatic heterocycles. The maximum absolute atomic E-state index is 12.6. The first-order chi connectivity index (χ1) is 13.7. The van der Waals surface area contributed by atoms with E-state index in [-0.39, 0.29) is 0 Å². The molecule has 0 aromatic heterocycles. The van der Waals surface area contributed by atoms with E-state index in [2.05, 4.69) is 22.6 Å². The fourth-order valence-corrected chi connectivity index (χ4v) is 4.04. The maximum Gasteiger partial charge on any atom is 0.416 e. The molecule has 0 spiro atoms. The molecule has 8 heteroatoms. The minimum atomic E-state index is -4.33. The van der Waals surface area contributed by atoms with Gasteiger partial charge in [0.25, 0.3) is 0 Å². The molecule has 0 heterocycles. The van der Waals surface area contributed by atoms with Gasteiger partial charge in [-0.15, -0.1) is 11.8 Å². The molecule has 2 rings (SSSR count). The molecular formula is C21H20F3IO3S. The lowest BCUT2D eigenvalue weighted by atomic mass is 10.1. The predicted octanol–water partition coefficient (Wildman–Crippen LogP) is 7.22. The molecule has 156 valence electrons. The second kappa shape index (κ2) is 10.9. The summed E-state index contributed by atoms with van der Waals surface area (Å²) in [4.78, 5) is 22.2. The molecule has 0 bridgehead atoms. The van der Waals surface area contributed by atoms with E-state index in [1.54, 1.807) is 17.8 Å². The molecule has 0 fully saturated rings. The Balaban J connectivity index is 1.92. The highest BCUT2D eigenvalue weighted by molar-refractivity contribution is 14.1. The monoisotopic (exact) mass is 536 g/mol. The minimum absolute atomic E-state index is 0.302. The molecule has 29 heavy (non-hydrogen) atoms. The lowest BCUT2D eigenvalue weighted by molar-refractivity contribution is -0.214. The Morgan fingerprint density at radius 3 is 2.45 bits per heavy atom. The lowest BCUT2D eigenvalue weighted by Crippen LogP contribution is -2.07. The van der Waals surface area contributed by atoms with E-state index in [0.29, 0.717) is 24.3 Å². The number of aryl methyl sites for hydroxylation is 1. The van der Waals surface area contributed by atoms with Gasteiger partial charge in [-0.2, -0.15) is 13.2 Å². The van der Waals surface area contributed by atoms with E-state index in [9.17, 15) is 18.0 Å². The normalized spacial score (nSPS) is 12.0. The van der Waals surface area contributed by atoms with Gasteiger partial charge in [0.1, 0.15) is 0 Å². The van der Waals surface area contributed by atoms with Crippen molar-refractivity contribution < 1.29 is 27.7 Å². The fraction of sp³-hybridized carbons (Fsp3) is 0.286. The van der Waals surface area contributed by atoms with Crippen molar-refractivity contribution in [2.75, 3.05) is 5.75 Å². The van der Waals surface area contributed by atoms with Crippen molar-refractivity contribution in [1.82, 2.24) is 0 Å². The van der Waals surface area contributed by atoms with Crippen LogP contribution < -0.4 is 4.89 Å². The summed E-state index contributed by atoms with van der Waals surface area (Å²) in [5, 5.41) is 0. The number of benzene rings is 2. The molecule has 0 amide bonds. The van der Waals surface area contributed by atoms with E-state index in [1.165, 1.54) is 12.1 Å². The van der Waals surface area contributed by atoms with E-state index in [0.717, 1.165) is 31.7 Å². The molecule has 0 radical (unpaired) electrons. The number of carbonyl (C=O) groups excluding carboxylic acids is 1. The summed E-state index contributed by atoms with van der Waals surface area (Å²) in [6.07, 6.45) is -1.38. The molecule has 0 aliphatic rings. The summed E-state index contributed by atoms with van der Waals surface area (Å²) in [6, 6.07) is 10.6. The van der Waals surface area contributed by atoms with Gasteiger partial charge in [0, 0.05) is 20.6 Å². The van der Waals surface area contributed by atoms with Crippen LogP contribution in [0.3, 0.4) is 0 Å². The number of alkyl halides is 3. The lowest BCUT2D eigenvalue weighted by Gasteiger charge is -2.09. The maximum atomic E-state index is 12.6. The van der Waals surface area contributed by atoms with Crippen LogP contribution >= 0.6 is 34.4 Å². The number of hydrogen-bond donors (Lipinski definition) is 0. The average molecular weight is 536 g/mol. The van der Waals surface area contributed by atoms with Gasteiger partial charge in [-0.05, 0) is 77.4 Å². The Bertz CT molecular complexity index is 864. The van der Waals surface area contributed by atoms with Gasteiger partial charge in [-0.25, -0.2) is 4.79 Å². The fourth-order valence-electron chi connectivity index (χ4n) is 2.29. The number of thioether (sulfide) groups is 1. The number of rotatable bonds is 8. The molecule has 0 saturated carbocycles. The summed E-state index contributed by atoms with van der Waals surface area (Å²) in [6.45, 7) is 3.74. The first kappa shape index (κ1) is 23.6. The van der Waals surface area contributed by atoms with Crippen molar-refractivity contribution >= 4 is 43.9 Å². The van der Waals surface area contributed by atoms with Crippen LogP contribution in [0, 0.1) is 6.92 Å². The van der Waals surface area contributed by atoms with Crippen LogP contribution in [0.4, 0.5) is 13.2 Å². The van der Waals surface area contributed by atoms with Gasteiger partial charge in [-0.3, -0.25) is 9.78 Å². The van der Waals surface area contributed by atoms with E-state index in [4.69, 9.17) is 9.78 Å². The van der Waals surface area contributed by atoms with Gasteiger partial charge in [0.2, 0.25) is 0 Å². The van der Waals surface area contributed by atoms with Crippen LogP contribution in [0.2, 0.25) is 0 Å². The first-order valence-electron chi connectivity index (χ1n) is 8.84. The van der Waals surface area contributed by atoms with E-state index in [1.807, 2.05) is 32.1 Å². The largest absolute Gasteiger partial charge is 0.416 e. The van der Waals surface area contributed by atoms with Crippen molar-refractivity contribution in [2.45, 2.75) is 37.8 Å². The third kappa shape index (κ3) is 7.58. The summed E-state index contributed by atoms with van der Waals surface area (Å²) in [5.74, 6) is 0.728. The zero-order chi connectivity index (χ0) is 21.4. The van der Waals surface area contributed by atoms with Crippen LogP contribution in [0.1, 0.15) is 36.5 Å². The van der Waals surface area contributed by atoms with E-state index >= 15 is 0 Å². The Morgan fingerprint density at radius 2 is 1.86 bits per heavy atom. The third-order valence-corrected chi connectivity index (χ3v) is 5.81. The number of halogens is 4. The molecule has 3 nitrogen and oxygen atoms in total. The smallest absolute Gasteiger partial charge is 0.287 e. The molecule has 0 aliphatic carbocycles. The average Bonchev–Trinajstić information content (AvgIpc) is 2.67. The van der Waals surface area contributed by atoms with Crippen LogP contribution in [0.25, 0.3) is 3.58 Å². The molecule has 0 N–H and O–H groups in total. The van der Waals surface area contributed by atoms with Crippen molar-refractivity contribution in [3.63, 3.8) is 0 Å². The van der Waals surface area contributed by atoms with Crippen molar-refractivity contribution in [1.29, 1.82) is 0 Å². The van der Waals surface area contributed by atoms with E-state index < -0.39 is 17.7 Å². The van der Waals surface area contributed by atoms with Gasteiger partial charge in [-0.1, -0.05) is 25.1 Å². The third-order valence-electron chi connectivity index (χ3n) is 3.83. The molecule has 0 atom stereocenters. The Morgan fingerprint density at radius 1 is 1.17 bits per heavy atom. The number of carbonyl (C=O) groups is 1. The van der Waals surface area contributed by atoms with Crippen molar-refractivity contribution in [3.05, 3.63) is 65.2 Å². The Hall–Kier alpha value is -1.68. The molecule has 2 aromatic rings. The second-order valence-corrected chi connectivity index (χ2v) is 8.41. The van der Waals surface area contributed by atoms with Crippen molar-refractivity contribution in [3.8, 4) is 5.75 Å². The van der Waals surface area contributed by atoms with Gasteiger partial charge in [0.05, 0.1) is 5.56 Å². The van der Waals surface area contributed by atoms with Crippen LogP contribution in [0.15, 0.2) is 53.4 Å².